The summed E-state index contributed by atoms with van der Waals surface area (Å²) >= 11 is 0. The van der Waals surface area contributed by atoms with E-state index in [9.17, 15) is 0 Å². The summed E-state index contributed by atoms with van der Waals surface area (Å²) in [5.41, 5.74) is 3.84. The van der Waals surface area contributed by atoms with Crippen molar-refractivity contribution in [2.45, 2.75) is 40.5 Å². The molecule has 0 saturated carbocycles. The van der Waals surface area contributed by atoms with E-state index in [0.717, 1.165) is 11.9 Å². The molecule has 1 aromatic heterocycles. The van der Waals surface area contributed by atoms with Crippen LogP contribution in [0.25, 0.3) is 10.9 Å². The SMILES string of the molecule is CC.CCCc1cc(C)c2nn(C)cc2c1. The molecule has 2 aromatic rings. The molecule has 88 valence electrons. The summed E-state index contributed by atoms with van der Waals surface area (Å²) in [6, 6.07) is 4.50. The molecule has 2 nitrogen and oxygen atoms in total. The maximum Gasteiger partial charge on any atom is 0.0952 e. The summed E-state index contributed by atoms with van der Waals surface area (Å²) < 4.78 is 1.88. The minimum atomic E-state index is 1.13. The van der Waals surface area contributed by atoms with Crippen molar-refractivity contribution in [2.75, 3.05) is 0 Å². The smallest absolute Gasteiger partial charge is 0.0952 e. The van der Waals surface area contributed by atoms with Gasteiger partial charge in [0.1, 0.15) is 0 Å². The summed E-state index contributed by atoms with van der Waals surface area (Å²) in [5.74, 6) is 0. The van der Waals surface area contributed by atoms with E-state index < -0.39 is 0 Å². The lowest BCUT2D eigenvalue weighted by Crippen LogP contribution is -1.87. The van der Waals surface area contributed by atoms with Gasteiger partial charge in [0.25, 0.3) is 0 Å². The Labute approximate surface area is 98.3 Å². The second kappa shape index (κ2) is 5.69. The molecule has 0 N–H and O–H groups in total. The van der Waals surface area contributed by atoms with Crippen LogP contribution in [-0.4, -0.2) is 9.78 Å². The Balaban J connectivity index is 0.000000606. The lowest BCUT2D eigenvalue weighted by atomic mass is 10.0. The van der Waals surface area contributed by atoms with E-state index in [1.807, 2.05) is 25.6 Å². The number of nitrogens with zero attached hydrogens (tertiary/aromatic N) is 2. The van der Waals surface area contributed by atoms with Crippen LogP contribution in [0.4, 0.5) is 0 Å². The fraction of sp³-hybridized carbons (Fsp3) is 0.500. The van der Waals surface area contributed by atoms with Gasteiger partial charge in [-0.05, 0) is 30.5 Å². The van der Waals surface area contributed by atoms with Crippen molar-refractivity contribution >= 4 is 10.9 Å². The molecule has 0 saturated heterocycles. The third kappa shape index (κ3) is 2.63. The molecule has 2 heteroatoms. The molecular formula is C14H22N2. The maximum absolute atomic E-state index is 4.43. The molecule has 16 heavy (non-hydrogen) atoms. The lowest BCUT2D eigenvalue weighted by Gasteiger charge is -2.00. The lowest BCUT2D eigenvalue weighted by molar-refractivity contribution is 0.779. The van der Waals surface area contributed by atoms with Crippen molar-refractivity contribution in [3.05, 3.63) is 29.5 Å². The summed E-state index contributed by atoms with van der Waals surface area (Å²) in [4.78, 5) is 0. The minimum Gasteiger partial charge on any atom is -0.275 e. The first kappa shape index (κ1) is 12.8. The van der Waals surface area contributed by atoms with Crippen LogP contribution in [0.2, 0.25) is 0 Å². The van der Waals surface area contributed by atoms with Gasteiger partial charge < -0.3 is 0 Å². The van der Waals surface area contributed by atoms with Gasteiger partial charge in [-0.1, -0.05) is 33.3 Å². The number of aryl methyl sites for hydroxylation is 3. The van der Waals surface area contributed by atoms with E-state index in [-0.39, 0.29) is 0 Å². The van der Waals surface area contributed by atoms with Gasteiger partial charge in [-0.15, -0.1) is 0 Å². The van der Waals surface area contributed by atoms with Crippen LogP contribution in [-0.2, 0) is 13.5 Å². The molecule has 0 bridgehead atoms. The Kier molecular flexibility index (Phi) is 4.53. The molecule has 0 unspecified atom stereocenters. The summed E-state index contributed by atoms with van der Waals surface area (Å²) in [6.45, 7) is 8.34. The van der Waals surface area contributed by atoms with Crippen molar-refractivity contribution in [2.24, 2.45) is 7.05 Å². The zero-order valence-corrected chi connectivity index (χ0v) is 11.0. The van der Waals surface area contributed by atoms with Crippen LogP contribution in [0, 0.1) is 6.92 Å². The fourth-order valence-corrected chi connectivity index (χ4v) is 1.94. The summed E-state index contributed by atoms with van der Waals surface area (Å²) in [5, 5.41) is 5.69. The monoisotopic (exact) mass is 218 g/mol. The predicted molar refractivity (Wildman–Crippen MR) is 70.8 cm³/mol. The highest BCUT2D eigenvalue weighted by Crippen LogP contribution is 2.19. The molecule has 1 aromatic carbocycles. The molecule has 0 radical (unpaired) electrons. The summed E-state index contributed by atoms with van der Waals surface area (Å²) in [7, 11) is 1.97. The summed E-state index contributed by atoms with van der Waals surface area (Å²) in [6.07, 6.45) is 4.44. The first-order valence-electron chi connectivity index (χ1n) is 6.13. The van der Waals surface area contributed by atoms with Crippen LogP contribution in [0.5, 0.6) is 0 Å². The Hall–Kier alpha value is -1.31. The molecule has 0 atom stereocenters. The van der Waals surface area contributed by atoms with Crippen LogP contribution in [0.3, 0.4) is 0 Å². The largest absolute Gasteiger partial charge is 0.275 e. The molecule has 0 fully saturated rings. The molecule has 1 heterocycles. The number of fused-ring (bicyclic) bond motifs is 1. The van der Waals surface area contributed by atoms with E-state index in [0.29, 0.717) is 0 Å². The molecule has 0 spiro atoms. The molecule has 0 amide bonds. The first-order chi connectivity index (χ1) is 7.70. The number of aromatic nitrogens is 2. The average molecular weight is 218 g/mol. The fourth-order valence-electron chi connectivity index (χ4n) is 1.94. The average Bonchev–Trinajstić information content (AvgIpc) is 2.63. The zero-order chi connectivity index (χ0) is 12.1. The highest BCUT2D eigenvalue weighted by Gasteiger charge is 2.03. The number of benzene rings is 1. The van der Waals surface area contributed by atoms with Crippen LogP contribution in [0.1, 0.15) is 38.3 Å². The van der Waals surface area contributed by atoms with Crippen molar-refractivity contribution in [1.29, 1.82) is 0 Å². The third-order valence-electron chi connectivity index (χ3n) is 2.51. The van der Waals surface area contributed by atoms with Gasteiger partial charge in [0.2, 0.25) is 0 Å². The van der Waals surface area contributed by atoms with E-state index in [4.69, 9.17) is 0 Å². The topological polar surface area (TPSA) is 17.8 Å². The highest BCUT2D eigenvalue weighted by atomic mass is 15.2. The number of hydrogen-bond donors (Lipinski definition) is 0. The van der Waals surface area contributed by atoms with Crippen molar-refractivity contribution in [3.63, 3.8) is 0 Å². The minimum absolute atomic E-state index is 1.13. The standard InChI is InChI=1S/C12H16N2.C2H6/c1-4-5-10-6-9(2)12-11(7-10)8-14(3)13-12;1-2/h6-8H,4-5H2,1-3H3;1-2H3. The quantitative estimate of drug-likeness (QED) is 0.748. The highest BCUT2D eigenvalue weighted by molar-refractivity contribution is 5.82. The van der Waals surface area contributed by atoms with Gasteiger partial charge in [0.05, 0.1) is 5.52 Å². The zero-order valence-electron chi connectivity index (χ0n) is 11.0. The van der Waals surface area contributed by atoms with E-state index >= 15 is 0 Å². The number of hydrogen-bond acceptors (Lipinski definition) is 1. The van der Waals surface area contributed by atoms with Gasteiger partial charge in [-0.25, -0.2) is 0 Å². The van der Waals surface area contributed by atoms with Gasteiger partial charge in [-0.2, -0.15) is 5.10 Å². The molecule has 0 aliphatic heterocycles. The predicted octanol–water partition coefficient (Wildman–Crippen LogP) is 3.86. The van der Waals surface area contributed by atoms with Crippen molar-refractivity contribution in [1.82, 2.24) is 9.78 Å². The number of rotatable bonds is 2. The Bertz CT molecular complexity index is 455. The molecule has 0 aliphatic carbocycles. The van der Waals surface area contributed by atoms with E-state index in [2.05, 4.69) is 37.3 Å². The maximum atomic E-state index is 4.43. The van der Waals surface area contributed by atoms with E-state index in [1.165, 1.54) is 22.9 Å². The second-order valence-electron chi connectivity index (χ2n) is 3.90. The molecule has 0 aliphatic rings. The van der Waals surface area contributed by atoms with Crippen LogP contribution < -0.4 is 0 Å². The second-order valence-corrected chi connectivity index (χ2v) is 3.90. The van der Waals surface area contributed by atoms with Gasteiger partial charge in [-0.3, -0.25) is 4.68 Å². The van der Waals surface area contributed by atoms with Crippen LogP contribution >= 0.6 is 0 Å². The first-order valence-corrected chi connectivity index (χ1v) is 6.13. The Morgan fingerprint density at radius 1 is 1.25 bits per heavy atom. The van der Waals surface area contributed by atoms with E-state index in [1.54, 1.807) is 0 Å². The van der Waals surface area contributed by atoms with Gasteiger partial charge >= 0.3 is 0 Å². The molecule has 2 rings (SSSR count). The van der Waals surface area contributed by atoms with Gasteiger partial charge in [0.15, 0.2) is 0 Å². The Morgan fingerprint density at radius 3 is 2.56 bits per heavy atom. The van der Waals surface area contributed by atoms with Crippen LogP contribution in [0.15, 0.2) is 18.3 Å². The third-order valence-corrected chi connectivity index (χ3v) is 2.51. The van der Waals surface area contributed by atoms with Gasteiger partial charge in [0, 0.05) is 18.6 Å². The van der Waals surface area contributed by atoms with Crippen molar-refractivity contribution in [3.8, 4) is 0 Å². The molecular weight excluding hydrogens is 196 g/mol. The normalized spacial score (nSPS) is 10.1. The van der Waals surface area contributed by atoms with Crippen molar-refractivity contribution < 1.29 is 0 Å². The Morgan fingerprint density at radius 2 is 1.94 bits per heavy atom.